The number of carbonyl (C=O) groups excluding carboxylic acids is 4. The van der Waals surface area contributed by atoms with E-state index in [4.69, 9.17) is 4.74 Å². The molecule has 240 valence electrons. The minimum atomic E-state index is -0.964. The number of ether oxygens (including phenoxy) is 1. The summed E-state index contributed by atoms with van der Waals surface area (Å²) in [6.07, 6.45) is 2.62. The average Bonchev–Trinajstić information content (AvgIpc) is 3.43. The lowest BCUT2D eigenvalue weighted by molar-refractivity contribution is -0.384. The molecular formula is C29H35BrN8O7. The third-order valence-corrected chi connectivity index (χ3v) is 8.49. The number of aromatic nitrogens is 1. The van der Waals surface area contributed by atoms with Crippen molar-refractivity contribution in [2.24, 2.45) is 0 Å². The Morgan fingerprint density at radius 1 is 1.09 bits per heavy atom. The Balaban J connectivity index is 1.49. The fourth-order valence-corrected chi connectivity index (χ4v) is 6.52. The number of anilines is 2. The Labute approximate surface area is 267 Å². The van der Waals surface area contributed by atoms with Gasteiger partial charge in [0.25, 0.3) is 17.5 Å². The predicted octanol–water partition coefficient (Wildman–Crippen LogP) is 1.70. The van der Waals surface area contributed by atoms with Crippen molar-refractivity contribution in [1.29, 1.82) is 0 Å². The quantitative estimate of drug-likeness (QED) is 0.287. The Kier molecular flexibility index (Phi) is 9.53. The van der Waals surface area contributed by atoms with Crippen molar-refractivity contribution in [3.05, 3.63) is 56.3 Å². The number of pyridine rings is 1. The third kappa shape index (κ3) is 7.01. The zero-order valence-electron chi connectivity index (χ0n) is 25.1. The second kappa shape index (κ2) is 13.4. The van der Waals surface area contributed by atoms with Gasteiger partial charge in [0.05, 0.1) is 40.5 Å². The fourth-order valence-electron chi connectivity index (χ4n) is 6.07. The average molecular weight is 688 g/mol. The van der Waals surface area contributed by atoms with Crippen LogP contribution in [-0.4, -0.2) is 119 Å². The number of halogens is 1. The molecule has 3 saturated heterocycles. The van der Waals surface area contributed by atoms with Gasteiger partial charge in [-0.05, 0) is 32.4 Å². The van der Waals surface area contributed by atoms with Gasteiger partial charge in [0.2, 0.25) is 11.8 Å². The molecule has 3 N–H and O–H groups in total. The van der Waals surface area contributed by atoms with Gasteiger partial charge in [-0.15, -0.1) is 0 Å². The molecule has 4 atom stereocenters. The number of nitro benzene ring substituents is 1. The molecular weight excluding hydrogens is 652 g/mol. The molecule has 1 aromatic carbocycles. The molecule has 16 heteroatoms. The number of hydrogen-bond acceptors (Lipinski definition) is 10. The van der Waals surface area contributed by atoms with E-state index in [9.17, 15) is 29.3 Å². The van der Waals surface area contributed by atoms with Gasteiger partial charge in [0.1, 0.15) is 11.7 Å². The van der Waals surface area contributed by atoms with E-state index in [1.807, 2.05) is 13.8 Å². The van der Waals surface area contributed by atoms with Crippen LogP contribution in [0.5, 0.6) is 0 Å². The monoisotopic (exact) mass is 686 g/mol. The van der Waals surface area contributed by atoms with Gasteiger partial charge in [-0.3, -0.25) is 34.3 Å². The number of amides is 4. The smallest absolute Gasteiger partial charge is 0.294 e. The normalized spacial score (nSPS) is 23.4. The fraction of sp³-hybridized carbons (Fsp3) is 0.483. The number of nitrogens with zero attached hydrogens (tertiary/aromatic N) is 5. The maximum Gasteiger partial charge on any atom is 0.294 e. The van der Waals surface area contributed by atoms with Crippen molar-refractivity contribution in [2.45, 2.75) is 44.6 Å². The summed E-state index contributed by atoms with van der Waals surface area (Å²) >= 11 is 3.31. The molecule has 45 heavy (non-hydrogen) atoms. The molecule has 0 saturated carbocycles. The number of carbonyl (C=O) groups is 4. The molecule has 1 aromatic heterocycles. The zero-order chi connectivity index (χ0) is 32.4. The van der Waals surface area contributed by atoms with Crippen LogP contribution in [0, 0.1) is 10.1 Å². The van der Waals surface area contributed by atoms with E-state index >= 15 is 0 Å². The van der Waals surface area contributed by atoms with Crippen LogP contribution in [0.4, 0.5) is 17.1 Å². The lowest BCUT2D eigenvalue weighted by Crippen LogP contribution is -2.55. The minimum absolute atomic E-state index is 0.00157. The lowest BCUT2D eigenvalue weighted by atomic mass is 10.1. The van der Waals surface area contributed by atoms with Crippen LogP contribution in [0.1, 0.15) is 41.0 Å². The lowest BCUT2D eigenvalue weighted by Gasteiger charge is -2.35. The number of likely N-dealkylation sites (tertiary alicyclic amines) is 1. The van der Waals surface area contributed by atoms with Gasteiger partial charge < -0.3 is 35.4 Å². The highest BCUT2D eigenvalue weighted by molar-refractivity contribution is 9.10. The summed E-state index contributed by atoms with van der Waals surface area (Å²) in [5.41, 5.74) is 0.613. The standard InChI is InChI=1S/C29H35BrN8O7/c1-16-12-36(13-17(2)45-16)28(41)22-7-19(30)8-23(38(43)44)26(22)34-21-9-24(29(42)35-5-4-33-25(39)15-35)37(14-21)27(40)18-6-20(31-3)11-32-10-18/h6-8,10-11,16-17,21,24,31,34H,4-5,9,12-15H2,1-3H3,(H,33,39)/t16-,17+,21-,24?/m1/s1. The number of nitro groups is 1. The van der Waals surface area contributed by atoms with Crippen LogP contribution < -0.4 is 16.0 Å². The number of nitrogens with one attached hydrogen (secondary N) is 3. The minimum Gasteiger partial charge on any atom is -0.387 e. The predicted molar refractivity (Wildman–Crippen MR) is 167 cm³/mol. The molecule has 0 bridgehead atoms. The van der Waals surface area contributed by atoms with E-state index in [0.717, 1.165) is 0 Å². The summed E-state index contributed by atoms with van der Waals surface area (Å²) in [7, 11) is 1.69. The van der Waals surface area contributed by atoms with E-state index in [0.29, 0.717) is 23.2 Å². The maximum absolute atomic E-state index is 13.9. The van der Waals surface area contributed by atoms with Crippen molar-refractivity contribution in [3.8, 4) is 0 Å². The molecule has 0 aliphatic carbocycles. The van der Waals surface area contributed by atoms with E-state index in [2.05, 4.69) is 36.9 Å². The molecule has 2 aromatic rings. The van der Waals surface area contributed by atoms with Crippen LogP contribution in [-0.2, 0) is 14.3 Å². The first-order chi connectivity index (χ1) is 21.4. The van der Waals surface area contributed by atoms with Gasteiger partial charge in [0, 0.05) is 68.7 Å². The topological polar surface area (TPSA) is 179 Å². The van der Waals surface area contributed by atoms with Crippen molar-refractivity contribution < 1.29 is 28.8 Å². The molecule has 4 heterocycles. The highest BCUT2D eigenvalue weighted by Crippen LogP contribution is 2.36. The highest BCUT2D eigenvalue weighted by Gasteiger charge is 2.43. The zero-order valence-corrected chi connectivity index (χ0v) is 26.7. The second-order valence-electron chi connectivity index (χ2n) is 11.4. The van der Waals surface area contributed by atoms with Gasteiger partial charge in [0.15, 0.2) is 0 Å². The first kappa shape index (κ1) is 32.1. The highest BCUT2D eigenvalue weighted by atomic mass is 79.9. The van der Waals surface area contributed by atoms with Crippen LogP contribution in [0.15, 0.2) is 35.1 Å². The molecule has 0 spiro atoms. The van der Waals surface area contributed by atoms with Gasteiger partial charge in [-0.2, -0.15) is 0 Å². The summed E-state index contributed by atoms with van der Waals surface area (Å²) in [4.78, 5) is 73.8. The van der Waals surface area contributed by atoms with E-state index in [1.165, 1.54) is 28.1 Å². The molecule has 1 unspecified atom stereocenters. The molecule has 15 nitrogen and oxygen atoms in total. The number of benzene rings is 1. The molecule has 3 fully saturated rings. The van der Waals surface area contributed by atoms with Crippen molar-refractivity contribution in [2.75, 3.05) is 56.9 Å². The summed E-state index contributed by atoms with van der Waals surface area (Å²) in [5, 5.41) is 21.1. The third-order valence-electron chi connectivity index (χ3n) is 8.04. The SMILES string of the molecule is CNc1cncc(C(=O)N2C[C@H](Nc3c(C(=O)N4C[C@@H](C)O[C@@H](C)C4)cc(Br)cc3[N+](=O)[O-])CC2C(=O)N2CCNC(=O)C2)c1. The van der Waals surface area contributed by atoms with Gasteiger partial charge in [-0.25, -0.2) is 0 Å². The molecule has 5 rings (SSSR count). The Hall–Kier alpha value is -4.31. The number of morpholine rings is 1. The van der Waals surface area contributed by atoms with Crippen LogP contribution in [0.25, 0.3) is 0 Å². The summed E-state index contributed by atoms with van der Waals surface area (Å²) in [6.45, 7) is 4.77. The largest absolute Gasteiger partial charge is 0.387 e. The summed E-state index contributed by atoms with van der Waals surface area (Å²) in [6, 6.07) is 2.85. The van der Waals surface area contributed by atoms with Gasteiger partial charge in [-0.1, -0.05) is 15.9 Å². The maximum atomic E-state index is 13.9. The van der Waals surface area contributed by atoms with Crippen LogP contribution >= 0.6 is 15.9 Å². The van der Waals surface area contributed by atoms with Gasteiger partial charge >= 0.3 is 0 Å². The van der Waals surface area contributed by atoms with Crippen molar-refractivity contribution in [3.63, 3.8) is 0 Å². The van der Waals surface area contributed by atoms with E-state index in [1.54, 1.807) is 24.2 Å². The van der Waals surface area contributed by atoms with E-state index < -0.39 is 34.7 Å². The number of piperazine rings is 1. The molecule has 3 aliphatic rings. The summed E-state index contributed by atoms with van der Waals surface area (Å²) < 4.78 is 6.12. The van der Waals surface area contributed by atoms with Crippen molar-refractivity contribution >= 4 is 56.6 Å². The number of hydrogen-bond donors (Lipinski definition) is 3. The molecule has 3 aliphatic heterocycles. The Morgan fingerprint density at radius 2 is 1.82 bits per heavy atom. The summed E-state index contributed by atoms with van der Waals surface area (Å²) in [5.74, 6) is -1.57. The first-order valence-corrected chi connectivity index (χ1v) is 15.4. The van der Waals surface area contributed by atoms with Crippen LogP contribution in [0.2, 0.25) is 0 Å². The van der Waals surface area contributed by atoms with Crippen LogP contribution in [0.3, 0.4) is 0 Å². The first-order valence-electron chi connectivity index (χ1n) is 14.6. The Morgan fingerprint density at radius 3 is 2.49 bits per heavy atom. The molecule has 0 radical (unpaired) electrons. The Bertz CT molecular complexity index is 1510. The van der Waals surface area contributed by atoms with Crippen molar-refractivity contribution in [1.82, 2.24) is 25.0 Å². The van der Waals surface area contributed by atoms with E-state index in [-0.39, 0.29) is 73.2 Å². The molecule has 4 amide bonds. The number of rotatable bonds is 7. The second-order valence-corrected chi connectivity index (χ2v) is 12.4.